The van der Waals surface area contributed by atoms with E-state index in [0.717, 1.165) is 5.56 Å². The fraction of sp³-hybridized carbons (Fsp3) is 0.611. The molecule has 2 atom stereocenters. The van der Waals surface area contributed by atoms with Crippen molar-refractivity contribution in [2.75, 3.05) is 38.8 Å². The number of piperazine rings is 1. The SMILES string of the molecule is CCC(=O)N1CCN(Cc2cccc(OC)c2OC)[C@H]2CS(=O)(=O)C[C@H]21. The van der Waals surface area contributed by atoms with Gasteiger partial charge in [-0.05, 0) is 6.07 Å². The molecule has 2 heterocycles. The Morgan fingerprint density at radius 1 is 1.15 bits per heavy atom. The van der Waals surface area contributed by atoms with E-state index in [1.165, 1.54) is 0 Å². The van der Waals surface area contributed by atoms with E-state index < -0.39 is 9.84 Å². The molecular weight excluding hydrogens is 356 g/mol. The molecule has 0 radical (unpaired) electrons. The molecule has 1 aromatic rings. The highest BCUT2D eigenvalue weighted by atomic mass is 32.2. The van der Waals surface area contributed by atoms with Crippen molar-refractivity contribution in [2.24, 2.45) is 0 Å². The average molecular weight is 382 g/mol. The lowest BCUT2D eigenvalue weighted by Crippen LogP contribution is -2.60. The topological polar surface area (TPSA) is 76.2 Å². The summed E-state index contributed by atoms with van der Waals surface area (Å²) in [7, 11) is 0.0441. The van der Waals surface area contributed by atoms with Crippen LogP contribution in [0.5, 0.6) is 11.5 Å². The second-order valence-corrected chi connectivity index (χ2v) is 8.93. The summed E-state index contributed by atoms with van der Waals surface area (Å²) < 4.78 is 35.4. The van der Waals surface area contributed by atoms with Gasteiger partial charge in [-0.25, -0.2) is 8.42 Å². The lowest BCUT2D eigenvalue weighted by molar-refractivity contribution is -0.136. The zero-order valence-corrected chi connectivity index (χ0v) is 16.3. The van der Waals surface area contributed by atoms with Crippen molar-refractivity contribution >= 4 is 15.7 Å². The fourth-order valence-corrected chi connectivity index (χ4v) is 6.04. The van der Waals surface area contributed by atoms with Crippen molar-refractivity contribution in [3.8, 4) is 11.5 Å². The number of hydrogen-bond donors (Lipinski definition) is 0. The van der Waals surface area contributed by atoms with Gasteiger partial charge in [0, 0.05) is 37.7 Å². The smallest absolute Gasteiger partial charge is 0.222 e. The van der Waals surface area contributed by atoms with Gasteiger partial charge in [0.2, 0.25) is 5.91 Å². The molecule has 2 aliphatic heterocycles. The largest absolute Gasteiger partial charge is 0.493 e. The highest BCUT2D eigenvalue weighted by molar-refractivity contribution is 7.91. The van der Waals surface area contributed by atoms with Crippen molar-refractivity contribution in [3.05, 3.63) is 23.8 Å². The zero-order chi connectivity index (χ0) is 18.9. The molecule has 2 saturated heterocycles. The number of carbonyl (C=O) groups is 1. The van der Waals surface area contributed by atoms with Crippen LogP contribution in [0.2, 0.25) is 0 Å². The Morgan fingerprint density at radius 3 is 2.54 bits per heavy atom. The molecule has 8 heteroatoms. The van der Waals surface area contributed by atoms with Crippen LogP contribution in [0, 0.1) is 0 Å². The Hall–Kier alpha value is -1.80. The summed E-state index contributed by atoms with van der Waals surface area (Å²) in [5.74, 6) is 1.49. The number of para-hydroxylation sites is 1. The summed E-state index contributed by atoms with van der Waals surface area (Å²) >= 11 is 0. The van der Waals surface area contributed by atoms with Crippen molar-refractivity contribution in [1.29, 1.82) is 0 Å². The molecule has 0 N–H and O–H groups in total. The summed E-state index contributed by atoms with van der Waals surface area (Å²) in [4.78, 5) is 16.2. The van der Waals surface area contributed by atoms with Gasteiger partial charge < -0.3 is 14.4 Å². The number of rotatable bonds is 5. The number of benzene rings is 1. The molecule has 1 aromatic carbocycles. The number of fused-ring (bicyclic) bond motifs is 1. The summed E-state index contributed by atoms with van der Waals surface area (Å²) in [6, 6.07) is 5.25. The number of amides is 1. The van der Waals surface area contributed by atoms with Crippen LogP contribution in [-0.2, 0) is 21.2 Å². The second-order valence-electron chi connectivity index (χ2n) is 6.78. The van der Waals surface area contributed by atoms with Crippen LogP contribution in [0.25, 0.3) is 0 Å². The Labute approximate surface area is 154 Å². The van der Waals surface area contributed by atoms with Crippen LogP contribution in [0.15, 0.2) is 18.2 Å². The molecular formula is C18H26N2O5S. The lowest BCUT2D eigenvalue weighted by atomic mass is 10.0. The first-order valence-electron chi connectivity index (χ1n) is 8.84. The maximum atomic E-state index is 12.3. The number of carbonyl (C=O) groups excluding carboxylic acids is 1. The van der Waals surface area contributed by atoms with E-state index in [1.807, 2.05) is 25.1 Å². The first kappa shape index (κ1) is 19.0. The van der Waals surface area contributed by atoms with Gasteiger partial charge in [-0.3, -0.25) is 9.69 Å². The number of ether oxygens (including phenoxy) is 2. The van der Waals surface area contributed by atoms with Gasteiger partial charge in [0.05, 0.1) is 31.8 Å². The van der Waals surface area contributed by atoms with Gasteiger partial charge in [0.25, 0.3) is 0 Å². The Kier molecular flexibility index (Phi) is 5.43. The predicted octanol–water partition coefficient (Wildman–Crippen LogP) is 0.924. The van der Waals surface area contributed by atoms with E-state index in [-0.39, 0.29) is 29.5 Å². The molecule has 7 nitrogen and oxygen atoms in total. The predicted molar refractivity (Wildman–Crippen MR) is 98.2 cm³/mol. The molecule has 26 heavy (non-hydrogen) atoms. The minimum atomic E-state index is -3.15. The molecule has 0 unspecified atom stereocenters. The molecule has 0 aromatic heterocycles. The van der Waals surface area contributed by atoms with Crippen LogP contribution in [-0.4, -0.2) is 75.0 Å². The van der Waals surface area contributed by atoms with Gasteiger partial charge in [-0.2, -0.15) is 0 Å². The third-order valence-electron chi connectivity index (χ3n) is 5.27. The van der Waals surface area contributed by atoms with E-state index in [4.69, 9.17) is 9.47 Å². The minimum Gasteiger partial charge on any atom is -0.493 e. The van der Waals surface area contributed by atoms with Crippen molar-refractivity contribution in [2.45, 2.75) is 32.0 Å². The number of hydrogen-bond acceptors (Lipinski definition) is 6. The van der Waals surface area contributed by atoms with Gasteiger partial charge in [0.1, 0.15) is 0 Å². The van der Waals surface area contributed by atoms with Crippen LogP contribution < -0.4 is 9.47 Å². The monoisotopic (exact) mass is 382 g/mol. The highest BCUT2D eigenvalue weighted by Crippen LogP contribution is 2.34. The first-order valence-corrected chi connectivity index (χ1v) is 10.7. The summed E-state index contributed by atoms with van der Waals surface area (Å²) in [5.41, 5.74) is 0.949. The molecule has 2 aliphatic rings. The van der Waals surface area contributed by atoms with Crippen LogP contribution in [0.3, 0.4) is 0 Å². The van der Waals surface area contributed by atoms with Crippen molar-refractivity contribution < 1.29 is 22.7 Å². The molecule has 144 valence electrons. The van der Waals surface area contributed by atoms with Gasteiger partial charge in [0.15, 0.2) is 21.3 Å². The number of nitrogens with zero attached hydrogens (tertiary/aromatic N) is 2. The quantitative estimate of drug-likeness (QED) is 0.754. The van der Waals surface area contributed by atoms with Crippen molar-refractivity contribution in [3.63, 3.8) is 0 Å². The molecule has 2 fully saturated rings. The molecule has 0 spiro atoms. The number of methoxy groups -OCH3 is 2. The molecule has 0 bridgehead atoms. The Morgan fingerprint density at radius 2 is 1.88 bits per heavy atom. The summed E-state index contributed by atoms with van der Waals surface area (Å²) in [6.07, 6.45) is 0.396. The normalized spacial score (nSPS) is 25.0. The van der Waals surface area contributed by atoms with E-state index in [9.17, 15) is 13.2 Å². The third-order valence-corrected chi connectivity index (χ3v) is 6.97. The van der Waals surface area contributed by atoms with Crippen molar-refractivity contribution in [1.82, 2.24) is 9.80 Å². The third kappa shape index (κ3) is 3.53. The minimum absolute atomic E-state index is 0.0238. The van der Waals surface area contributed by atoms with Gasteiger partial charge in [-0.15, -0.1) is 0 Å². The van der Waals surface area contributed by atoms with E-state index in [0.29, 0.717) is 37.6 Å². The fourth-order valence-electron chi connectivity index (χ4n) is 4.03. The van der Waals surface area contributed by atoms with Crippen LogP contribution in [0.4, 0.5) is 0 Å². The van der Waals surface area contributed by atoms with Gasteiger partial charge in [-0.1, -0.05) is 19.1 Å². The van der Waals surface area contributed by atoms with E-state index in [1.54, 1.807) is 19.1 Å². The second kappa shape index (κ2) is 7.44. The number of sulfone groups is 1. The maximum absolute atomic E-state index is 12.3. The zero-order valence-electron chi connectivity index (χ0n) is 15.5. The standard InChI is InChI=1S/C18H26N2O5S/c1-4-17(21)20-9-8-19(14-11-26(22,23)12-15(14)20)10-13-6-5-7-16(24-2)18(13)25-3/h5-7,14-15H,4,8-12H2,1-3H3/t14-,15+/m0/s1. The van der Waals surface area contributed by atoms with E-state index >= 15 is 0 Å². The highest BCUT2D eigenvalue weighted by Gasteiger charge is 2.47. The first-order chi connectivity index (χ1) is 12.4. The molecule has 0 aliphatic carbocycles. The summed E-state index contributed by atoms with van der Waals surface area (Å²) in [5, 5.41) is 0. The van der Waals surface area contributed by atoms with Gasteiger partial charge >= 0.3 is 0 Å². The maximum Gasteiger partial charge on any atom is 0.222 e. The lowest BCUT2D eigenvalue weighted by Gasteiger charge is -2.44. The summed E-state index contributed by atoms with van der Waals surface area (Å²) in [6.45, 7) is 3.57. The molecule has 3 rings (SSSR count). The molecule has 1 amide bonds. The average Bonchev–Trinajstić information content (AvgIpc) is 2.96. The molecule has 0 saturated carbocycles. The Balaban J connectivity index is 1.87. The van der Waals surface area contributed by atoms with E-state index in [2.05, 4.69) is 4.90 Å². The Bertz CT molecular complexity index is 780. The van der Waals surface area contributed by atoms with Crippen LogP contribution in [0.1, 0.15) is 18.9 Å². The van der Waals surface area contributed by atoms with Crippen LogP contribution >= 0.6 is 0 Å².